The molecule has 0 saturated carbocycles. The van der Waals surface area contributed by atoms with E-state index in [1.165, 1.54) is 18.4 Å². The fraction of sp³-hybridized carbons (Fsp3) is 0.435. The van der Waals surface area contributed by atoms with Crippen LogP contribution in [0.3, 0.4) is 0 Å². The molecule has 1 atom stereocenters. The molecule has 3 heterocycles. The number of imidazole rings is 1. The van der Waals surface area contributed by atoms with Crippen LogP contribution >= 0.6 is 0 Å². The second-order valence-electron chi connectivity index (χ2n) is 7.90. The molecular formula is C23H29N5. The Hall–Kier alpha value is -2.53. The number of aryl methyl sites for hydroxylation is 1. The van der Waals surface area contributed by atoms with Gasteiger partial charge in [0.05, 0.1) is 24.1 Å². The molecule has 1 aliphatic heterocycles. The molecule has 2 aromatic heterocycles. The highest BCUT2D eigenvalue weighted by Gasteiger charge is 2.27. The zero-order chi connectivity index (χ0) is 19.3. The lowest BCUT2D eigenvalue weighted by molar-refractivity contribution is 0.249. The van der Waals surface area contributed by atoms with Crippen LogP contribution in [0.25, 0.3) is 5.82 Å². The number of hydrogen-bond donors (Lipinski definition) is 0. The van der Waals surface area contributed by atoms with E-state index in [0.717, 1.165) is 43.3 Å². The van der Waals surface area contributed by atoms with Gasteiger partial charge in [-0.1, -0.05) is 44.2 Å². The first-order chi connectivity index (χ1) is 13.7. The van der Waals surface area contributed by atoms with E-state index < -0.39 is 0 Å². The Labute approximate surface area is 167 Å². The molecule has 146 valence electrons. The summed E-state index contributed by atoms with van der Waals surface area (Å²) in [5, 5.41) is 0. The van der Waals surface area contributed by atoms with Crippen LogP contribution in [0, 0.1) is 0 Å². The third-order valence-corrected chi connectivity index (χ3v) is 5.53. The van der Waals surface area contributed by atoms with Crippen molar-refractivity contribution in [3.63, 3.8) is 0 Å². The Morgan fingerprint density at radius 3 is 2.82 bits per heavy atom. The van der Waals surface area contributed by atoms with Crippen LogP contribution < -0.4 is 0 Å². The number of aromatic nitrogens is 4. The number of nitrogens with zero attached hydrogens (tertiary/aromatic N) is 5. The second-order valence-corrected chi connectivity index (χ2v) is 7.90. The summed E-state index contributed by atoms with van der Waals surface area (Å²) >= 11 is 0. The zero-order valence-electron chi connectivity index (χ0n) is 16.8. The summed E-state index contributed by atoms with van der Waals surface area (Å²) in [6.07, 6.45) is 12.3. The van der Waals surface area contributed by atoms with Crippen molar-refractivity contribution in [3.05, 3.63) is 72.2 Å². The molecular weight excluding hydrogens is 346 g/mol. The van der Waals surface area contributed by atoms with Crippen molar-refractivity contribution in [1.29, 1.82) is 0 Å². The van der Waals surface area contributed by atoms with Crippen molar-refractivity contribution < 1.29 is 0 Å². The van der Waals surface area contributed by atoms with Gasteiger partial charge in [0.15, 0.2) is 5.82 Å². The lowest BCUT2D eigenvalue weighted by Gasteiger charge is -2.24. The maximum atomic E-state index is 4.98. The lowest BCUT2D eigenvalue weighted by atomic mass is 10.1. The molecule has 1 aliphatic rings. The molecule has 0 radical (unpaired) electrons. The Balaban J connectivity index is 1.46. The quantitative estimate of drug-likeness (QED) is 0.607. The summed E-state index contributed by atoms with van der Waals surface area (Å²) in [5.74, 6) is 2.24. The van der Waals surface area contributed by atoms with E-state index in [1.54, 1.807) is 0 Å². The molecule has 0 N–H and O–H groups in total. The highest BCUT2D eigenvalue weighted by Crippen LogP contribution is 2.31. The van der Waals surface area contributed by atoms with Crippen LogP contribution in [-0.2, 0) is 6.42 Å². The minimum atomic E-state index is 0.349. The summed E-state index contributed by atoms with van der Waals surface area (Å²) in [4.78, 5) is 16.6. The second kappa shape index (κ2) is 8.65. The molecule has 0 amide bonds. The summed E-state index contributed by atoms with van der Waals surface area (Å²) in [7, 11) is 0. The van der Waals surface area contributed by atoms with Crippen molar-refractivity contribution in [3.8, 4) is 5.82 Å². The molecule has 1 unspecified atom stereocenters. The normalized spacial score (nSPS) is 17.5. The minimum absolute atomic E-state index is 0.349. The van der Waals surface area contributed by atoms with Crippen molar-refractivity contribution in [2.75, 3.05) is 13.1 Å². The SMILES string of the molecule is CC(C)c1nccn1-c1cncc(C2CCCN2CCCc2ccccc2)n1. The van der Waals surface area contributed by atoms with Gasteiger partial charge >= 0.3 is 0 Å². The minimum Gasteiger partial charge on any atom is -0.295 e. The lowest BCUT2D eigenvalue weighted by Crippen LogP contribution is -2.26. The van der Waals surface area contributed by atoms with Crippen molar-refractivity contribution >= 4 is 0 Å². The Kier molecular flexibility index (Phi) is 5.81. The molecule has 1 saturated heterocycles. The van der Waals surface area contributed by atoms with Gasteiger partial charge < -0.3 is 0 Å². The van der Waals surface area contributed by atoms with Crippen molar-refractivity contribution in [2.24, 2.45) is 0 Å². The summed E-state index contributed by atoms with van der Waals surface area (Å²) in [5.41, 5.74) is 2.50. The first kappa shape index (κ1) is 18.8. The van der Waals surface area contributed by atoms with Crippen LogP contribution in [0.1, 0.15) is 62.2 Å². The van der Waals surface area contributed by atoms with Crippen LogP contribution in [-0.4, -0.2) is 37.5 Å². The van der Waals surface area contributed by atoms with E-state index in [2.05, 4.69) is 63.6 Å². The molecule has 0 spiro atoms. The number of rotatable bonds is 7. The van der Waals surface area contributed by atoms with Gasteiger partial charge in [-0.25, -0.2) is 9.97 Å². The average Bonchev–Trinajstić information content (AvgIpc) is 3.39. The largest absolute Gasteiger partial charge is 0.295 e. The summed E-state index contributed by atoms with van der Waals surface area (Å²) in [6, 6.07) is 11.1. The number of benzene rings is 1. The molecule has 3 aromatic rings. The fourth-order valence-corrected chi connectivity index (χ4v) is 4.14. The Bertz CT molecular complexity index is 887. The van der Waals surface area contributed by atoms with E-state index in [1.807, 2.05) is 24.8 Å². The number of likely N-dealkylation sites (tertiary alicyclic amines) is 1. The van der Waals surface area contributed by atoms with Gasteiger partial charge in [-0.3, -0.25) is 14.5 Å². The van der Waals surface area contributed by atoms with Crippen molar-refractivity contribution in [1.82, 2.24) is 24.4 Å². The average molecular weight is 376 g/mol. The standard InChI is InChI=1S/C23H29N5/c1-18(2)23-25-12-15-28(23)22-17-24-16-20(26-22)21-11-7-14-27(21)13-6-10-19-8-4-3-5-9-19/h3-5,8-9,12,15-18,21H,6-7,10-11,13-14H2,1-2H3. The highest BCUT2D eigenvalue weighted by atomic mass is 15.2. The molecule has 1 fully saturated rings. The van der Waals surface area contributed by atoms with Gasteiger partial charge in [-0.2, -0.15) is 0 Å². The third kappa shape index (κ3) is 4.14. The van der Waals surface area contributed by atoms with Gasteiger partial charge in [0.2, 0.25) is 0 Å². The highest BCUT2D eigenvalue weighted by molar-refractivity contribution is 5.25. The summed E-state index contributed by atoms with van der Waals surface area (Å²) in [6.45, 7) is 6.56. The predicted molar refractivity (Wildman–Crippen MR) is 112 cm³/mol. The van der Waals surface area contributed by atoms with E-state index in [9.17, 15) is 0 Å². The molecule has 5 heteroatoms. The molecule has 1 aromatic carbocycles. The van der Waals surface area contributed by atoms with Crippen LogP contribution in [0.2, 0.25) is 0 Å². The molecule has 0 aliphatic carbocycles. The van der Waals surface area contributed by atoms with Gasteiger partial charge in [-0.05, 0) is 44.3 Å². The topological polar surface area (TPSA) is 46.8 Å². The Morgan fingerprint density at radius 2 is 2.00 bits per heavy atom. The predicted octanol–water partition coefficient (Wildman–Crippen LogP) is 4.56. The van der Waals surface area contributed by atoms with Crippen LogP contribution in [0.4, 0.5) is 0 Å². The first-order valence-electron chi connectivity index (χ1n) is 10.4. The van der Waals surface area contributed by atoms with Gasteiger partial charge in [0.25, 0.3) is 0 Å². The third-order valence-electron chi connectivity index (χ3n) is 5.53. The molecule has 0 bridgehead atoms. The zero-order valence-corrected chi connectivity index (χ0v) is 16.8. The Morgan fingerprint density at radius 1 is 1.14 bits per heavy atom. The monoisotopic (exact) mass is 375 g/mol. The molecule has 28 heavy (non-hydrogen) atoms. The first-order valence-corrected chi connectivity index (χ1v) is 10.4. The van der Waals surface area contributed by atoms with Crippen LogP contribution in [0.5, 0.6) is 0 Å². The smallest absolute Gasteiger partial charge is 0.156 e. The van der Waals surface area contributed by atoms with Crippen molar-refractivity contribution in [2.45, 2.75) is 51.5 Å². The molecule has 5 nitrogen and oxygen atoms in total. The fourth-order valence-electron chi connectivity index (χ4n) is 4.14. The maximum absolute atomic E-state index is 4.98. The van der Waals surface area contributed by atoms with E-state index in [4.69, 9.17) is 4.98 Å². The van der Waals surface area contributed by atoms with Crippen LogP contribution in [0.15, 0.2) is 55.1 Å². The van der Waals surface area contributed by atoms with Gasteiger partial charge in [0, 0.05) is 18.3 Å². The summed E-state index contributed by atoms with van der Waals surface area (Å²) < 4.78 is 2.07. The van der Waals surface area contributed by atoms with Gasteiger partial charge in [0.1, 0.15) is 5.82 Å². The van der Waals surface area contributed by atoms with E-state index >= 15 is 0 Å². The maximum Gasteiger partial charge on any atom is 0.156 e. The van der Waals surface area contributed by atoms with E-state index in [0.29, 0.717) is 12.0 Å². The molecule has 4 rings (SSSR count). The van der Waals surface area contributed by atoms with E-state index in [-0.39, 0.29) is 0 Å². The van der Waals surface area contributed by atoms with Gasteiger partial charge in [-0.15, -0.1) is 0 Å². The number of hydrogen-bond acceptors (Lipinski definition) is 4.